The number of benzene rings is 2. The maximum Gasteiger partial charge on any atom is 0.277 e. The van der Waals surface area contributed by atoms with Gasteiger partial charge >= 0.3 is 0 Å². The number of carbonyl (C=O) groups is 1. The highest BCUT2D eigenvalue weighted by molar-refractivity contribution is 6.31. The van der Waals surface area contributed by atoms with E-state index < -0.39 is 0 Å². The minimum absolute atomic E-state index is 0.106. The Morgan fingerprint density at radius 2 is 1.93 bits per heavy atom. The molecule has 1 aliphatic rings. The van der Waals surface area contributed by atoms with Crippen molar-refractivity contribution in [1.82, 2.24) is 9.97 Å². The van der Waals surface area contributed by atoms with Crippen molar-refractivity contribution in [2.75, 3.05) is 16.8 Å². The van der Waals surface area contributed by atoms with E-state index in [2.05, 4.69) is 21.4 Å². The topological polar surface area (TPSA) is 58.1 Å². The van der Waals surface area contributed by atoms with Gasteiger partial charge in [0.05, 0.1) is 0 Å². The smallest absolute Gasteiger partial charge is 0.277 e. The van der Waals surface area contributed by atoms with Gasteiger partial charge < -0.3 is 10.2 Å². The molecule has 0 spiro atoms. The fraction of sp³-hybridized carbons (Fsp3) is 0.190. The van der Waals surface area contributed by atoms with Gasteiger partial charge in [0.25, 0.3) is 5.91 Å². The first-order valence-corrected chi connectivity index (χ1v) is 9.29. The molecule has 0 bridgehead atoms. The normalized spacial score (nSPS) is 13.1. The SMILES string of the molecule is O=C(c1cc(NCc2ccccc2Cl)ncn1)N1CCCc2ccccc21. The number of amides is 1. The summed E-state index contributed by atoms with van der Waals surface area (Å²) < 4.78 is 0. The number of carbonyl (C=O) groups excluding carboxylic acids is 1. The van der Waals surface area contributed by atoms with Crippen LogP contribution in [0.2, 0.25) is 5.02 Å². The zero-order valence-electron chi connectivity index (χ0n) is 14.7. The number of anilines is 2. The number of rotatable bonds is 4. The summed E-state index contributed by atoms with van der Waals surface area (Å²) in [5.74, 6) is 0.490. The summed E-state index contributed by atoms with van der Waals surface area (Å²) in [6.45, 7) is 1.22. The molecule has 136 valence electrons. The highest BCUT2D eigenvalue weighted by Gasteiger charge is 2.24. The van der Waals surface area contributed by atoms with Crippen LogP contribution in [-0.4, -0.2) is 22.4 Å². The summed E-state index contributed by atoms with van der Waals surface area (Å²) in [4.78, 5) is 23.2. The lowest BCUT2D eigenvalue weighted by Crippen LogP contribution is -2.36. The van der Waals surface area contributed by atoms with Crippen LogP contribution in [0.4, 0.5) is 11.5 Å². The molecule has 1 N–H and O–H groups in total. The van der Waals surface area contributed by atoms with Crippen molar-refractivity contribution in [3.8, 4) is 0 Å². The number of fused-ring (bicyclic) bond motifs is 1. The van der Waals surface area contributed by atoms with Crippen LogP contribution in [0.15, 0.2) is 60.9 Å². The number of hydrogen-bond donors (Lipinski definition) is 1. The molecule has 0 saturated carbocycles. The van der Waals surface area contributed by atoms with E-state index in [-0.39, 0.29) is 5.91 Å². The van der Waals surface area contributed by atoms with Gasteiger partial charge in [-0.3, -0.25) is 4.79 Å². The van der Waals surface area contributed by atoms with Crippen LogP contribution in [0, 0.1) is 0 Å². The first kappa shape index (κ1) is 17.5. The summed E-state index contributed by atoms with van der Waals surface area (Å²) in [6.07, 6.45) is 3.36. The van der Waals surface area contributed by atoms with Crippen molar-refractivity contribution in [1.29, 1.82) is 0 Å². The largest absolute Gasteiger partial charge is 0.366 e. The highest BCUT2D eigenvalue weighted by Crippen LogP contribution is 2.28. The molecule has 1 aliphatic heterocycles. The van der Waals surface area contributed by atoms with Crippen molar-refractivity contribution < 1.29 is 4.79 Å². The van der Waals surface area contributed by atoms with E-state index >= 15 is 0 Å². The molecule has 5 nitrogen and oxygen atoms in total. The zero-order valence-corrected chi connectivity index (χ0v) is 15.5. The molecule has 1 aromatic heterocycles. The molecule has 0 aliphatic carbocycles. The van der Waals surface area contributed by atoms with Crippen molar-refractivity contribution >= 4 is 29.0 Å². The fourth-order valence-corrected chi connectivity index (χ4v) is 3.48. The van der Waals surface area contributed by atoms with Gasteiger partial charge in [-0.15, -0.1) is 0 Å². The van der Waals surface area contributed by atoms with E-state index in [0.29, 0.717) is 29.6 Å². The Balaban J connectivity index is 1.53. The van der Waals surface area contributed by atoms with Gasteiger partial charge in [-0.05, 0) is 36.1 Å². The maximum atomic E-state index is 13.0. The van der Waals surface area contributed by atoms with Crippen molar-refractivity contribution in [2.45, 2.75) is 19.4 Å². The van der Waals surface area contributed by atoms with Crippen molar-refractivity contribution in [3.63, 3.8) is 0 Å². The number of hydrogen-bond acceptors (Lipinski definition) is 4. The molecule has 0 atom stereocenters. The van der Waals surface area contributed by atoms with E-state index in [9.17, 15) is 4.79 Å². The third kappa shape index (κ3) is 3.78. The Hall–Kier alpha value is -2.92. The van der Waals surface area contributed by atoms with Gasteiger partial charge in [-0.2, -0.15) is 0 Å². The molecule has 0 saturated heterocycles. The van der Waals surface area contributed by atoms with Crippen LogP contribution in [0.3, 0.4) is 0 Å². The second-order valence-electron chi connectivity index (χ2n) is 6.42. The Labute approximate surface area is 163 Å². The molecule has 2 aromatic carbocycles. The predicted molar refractivity (Wildman–Crippen MR) is 107 cm³/mol. The number of nitrogens with zero attached hydrogens (tertiary/aromatic N) is 3. The van der Waals surface area contributed by atoms with E-state index in [1.165, 1.54) is 11.9 Å². The lowest BCUT2D eigenvalue weighted by Gasteiger charge is -2.29. The average molecular weight is 379 g/mol. The van der Waals surface area contributed by atoms with E-state index in [1.807, 2.05) is 42.5 Å². The third-order valence-electron chi connectivity index (χ3n) is 4.66. The van der Waals surface area contributed by atoms with E-state index in [4.69, 9.17) is 11.6 Å². The number of aryl methyl sites for hydroxylation is 1. The molecule has 3 aromatic rings. The first-order valence-electron chi connectivity index (χ1n) is 8.91. The lowest BCUT2D eigenvalue weighted by molar-refractivity contribution is 0.0980. The first-order chi connectivity index (χ1) is 13.2. The second kappa shape index (κ2) is 7.76. The summed E-state index contributed by atoms with van der Waals surface area (Å²) in [5, 5.41) is 3.91. The Morgan fingerprint density at radius 1 is 1.11 bits per heavy atom. The van der Waals surface area contributed by atoms with Gasteiger partial charge in [0, 0.05) is 29.9 Å². The second-order valence-corrected chi connectivity index (χ2v) is 6.83. The summed E-state index contributed by atoms with van der Waals surface area (Å²) in [5.41, 5.74) is 3.51. The molecule has 2 heterocycles. The molecule has 0 unspecified atom stereocenters. The average Bonchev–Trinajstić information content (AvgIpc) is 2.72. The van der Waals surface area contributed by atoms with Gasteiger partial charge in [0.1, 0.15) is 17.8 Å². The number of aromatic nitrogens is 2. The van der Waals surface area contributed by atoms with Crippen LogP contribution >= 0.6 is 11.6 Å². The Bertz CT molecular complexity index is 976. The number of halogens is 1. The van der Waals surface area contributed by atoms with Gasteiger partial charge in [0.15, 0.2) is 0 Å². The van der Waals surface area contributed by atoms with Crippen molar-refractivity contribution in [3.05, 3.63) is 82.8 Å². The maximum absolute atomic E-state index is 13.0. The van der Waals surface area contributed by atoms with Crippen LogP contribution < -0.4 is 10.2 Å². The minimum Gasteiger partial charge on any atom is -0.366 e. The molecular formula is C21H19ClN4O. The molecule has 27 heavy (non-hydrogen) atoms. The zero-order chi connectivity index (χ0) is 18.6. The van der Waals surface area contributed by atoms with E-state index in [0.717, 1.165) is 24.1 Å². The van der Waals surface area contributed by atoms with Crippen LogP contribution in [0.1, 0.15) is 28.0 Å². The predicted octanol–water partition coefficient (Wildman–Crippen LogP) is 4.34. The monoisotopic (exact) mass is 378 g/mol. The number of para-hydroxylation sites is 1. The van der Waals surface area contributed by atoms with Gasteiger partial charge in [-0.1, -0.05) is 48.0 Å². The standard InChI is InChI=1S/C21H19ClN4O/c22-17-9-3-1-7-16(17)13-23-20-12-18(24-14-25-20)21(27)26-11-5-8-15-6-2-4-10-19(15)26/h1-4,6-7,9-10,12,14H,5,8,11,13H2,(H,23,24,25). The number of nitrogens with one attached hydrogen (secondary N) is 1. The molecule has 1 amide bonds. The fourth-order valence-electron chi connectivity index (χ4n) is 3.28. The molecule has 6 heteroatoms. The van der Waals surface area contributed by atoms with Gasteiger partial charge in [-0.25, -0.2) is 9.97 Å². The highest BCUT2D eigenvalue weighted by atomic mass is 35.5. The summed E-state index contributed by atoms with van der Waals surface area (Å²) >= 11 is 6.19. The van der Waals surface area contributed by atoms with Crippen LogP contribution in [0.25, 0.3) is 0 Å². The summed E-state index contributed by atoms with van der Waals surface area (Å²) in [7, 11) is 0. The molecule has 4 rings (SSSR count). The Morgan fingerprint density at radius 3 is 2.81 bits per heavy atom. The molecular weight excluding hydrogens is 360 g/mol. The quantitative estimate of drug-likeness (QED) is 0.733. The molecule has 0 fully saturated rings. The van der Waals surface area contributed by atoms with Gasteiger partial charge in [0.2, 0.25) is 0 Å². The molecule has 0 radical (unpaired) electrons. The summed E-state index contributed by atoms with van der Waals surface area (Å²) in [6, 6.07) is 17.4. The lowest BCUT2D eigenvalue weighted by atomic mass is 10.0. The third-order valence-corrected chi connectivity index (χ3v) is 5.03. The minimum atomic E-state index is -0.106. The Kier molecular flexibility index (Phi) is 5.03. The van der Waals surface area contributed by atoms with E-state index in [1.54, 1.807) is 11.0 Å². The van der Waals surface area contributed by atoms with Crippen LogP contribution in [-0.2, 0) is 13.0 Å². The van der Waals surface area contributed by atoms with Crippen LogP contribution in [0.5, 0.6) is 0 Å². The van der Waals surface area contributed by atoms with Crippen molar-refractivity contribution in [2.24, 2.45) is 0 Å².